The highest BCUT2D eigenvalue weighted by atomic mass is 15.1. The Morgan fingerprint density at radius 3 is 0.944 bits per heavy atom. The number of nitrogens with zero attached hydrogens (tertiary/aromatic N) is 4. The molecule has 0 atom stereocenters. The average Bonchev–Trinajstić information content (AvgIpc) is 2.73. The van der Waals surface area contributed by atoms with Gasteiger partial charge in [0.25, 0.3) is 0 Å². The Morgan fingerprint density at radius 1 is 0.444 bits per heavy atom. The molecule has 0 N–H and O–H groups in total. The second-order valence-corrected chi connectivity index (χ2v) is 13.3. The lowest BCUT2D eigenvalue weighted by atomic mass is 9.83. The van der Waals surface area contributed by atoms with Crippen molar-refractivity contribution in [3.8, 4) is 0 Å². The minimum absolute atomic E-state index is 0.106. The van der Waals surface area contributed by atoms with Gasteiger partial charge in [0, 0.05) is 79.1 Å². The Balaban J connectivity index is 2.33. The molecule has 0 spiro atoms. The van der Waals surface area contributed by atoms with Crippen LogP contribution in [-0.2, 0) is 23.7 Å². The fourth-order valence-corrected chi connectivity index (χ4v) is 5.05. The Morgan fingerprint density at radius 2 is 0.722 bits per heavy atom. The van der Waals surface area contributed by atoms with Crippen LogP contribution in [0.1, 0.15) is 76.6 Å². The van der Waals surface area contributed by atoms with E-state index >= 15 is 0 Å². The molecule has 0 aliphatic carbocycles. The van der Waals surface area contributed by atoms with Gasteiger partial charge in [-0.3, -0.25) is 0 Å². The normalized spacial score (nSPS) is 12.1. The van der Waals surface area contributed by atoms with Gasteiger partial charge in [0.1, 0.15) is 0 Å². The largest absolute Gasteiger partial charge is 0.377 e. The van der Waals surface area contributed by atoms with Crippen molar-refractivity contribution in [3.63, 3.8) is 0 Å². The molecule has 0 bridgehead atoms. The Labute approximate surface area is 223 Å². The molecule has 0 saturated carbocycles. The second-order valence-electron chi connectivity index (χ2n) is 13.3. The molecule has 36 heavy (non-hydrogen) atoms. The van der Waals surface area contributed by atoms with Crippen LogP contribution in [0.3, 0.4) is 0 Å². The van der Waals surface area contributed by atoms with Gasteiger partial charge in [-0.2, -0.15) is 0 Å². The third-order valence-electron chi connectivity index (χ3n) is 7.08. The van der Waals surface area contributed by atoms with Gasteiger partial charge in [0.15, 0.2) is 0 Å². The first-order chi connectivity index (χ1) is 16.4. The van der Waals surface area contributed by atoms with E-state index in [0.29, 0.717) is 0 Å². The highest BCUT2D eigenvalue weighted by Crippen LogP contribution is 2.39. The molecule has 0 aliphatic heterocycles. The molecule has 2 aromatic rings. The maximum atomic E-state index is 2.43. The molecule has 0 radical (unpaired) electrons. The van der Waals surface area contributed by atoms with E-state index in [0.717, 1.165) is 12.8 Å². The van der Waals surface area contributed by atoms with Crippen LogP contribution in [0.25, 0.3) is 0 Å². The van der Waals surface area contributed by atoms with Crippen molar-refractivity contribution in [2.75, 3.05) is 76.0 Å². The summed E-state index contributed by atoms with van der Waals surface area (Å²) in [5.41, 5.74) is 11.3. The van der Waals surface area contributed by atoms with Crippen molar-refractivity contribution in [1.82, 2.24) is 0 Å². The zero-order valence-corrected chi connectivity index (χ0v) is 25.9. The number of hydrogen-bond donors (Lipinski definition) is 0. The molecule has 202 valence electrons. The van der Waals surface area contributed by atoms with E-state index in [1.807, 2.05) is 0 Å². The van der Waals surface area contributed by atoms with Gasteiger partial charge in [-0.05, 0) is 83.0 Å². The maximum Gasteiger partial charge on any atom is 0.0403 e. The number of hydrogen-bond acceptors (Lipinski definition) is 4. The van der Waals surface area contributed by atoms with Crippen molar-refractivity contribution in [1.29, 1.82) is 0 Å². The lowest BCUT2D eigenvalue weighted by Gasteiger charge is -2.31. The summed E-state index contributed by atoms with van der Waals surface area (Å²) in [5.74, 6) is 0. The van der Waals surface area contributed by atoms with Crippen LogP contribution >= 0.6 is 0 Å². The molecule has 2 aromatic carbocycles. The molecule has 0 aliphatic rings. The first-order valence-electron chi connectivity index (χ1n) is 13.5. The molecule has 0 fully saturated rings. The predicted octanol–water partition coefficient (Wildman–Crippen LogP) is 7.11. The zero-order valence-electron chi connectivity index (χ0n) is 25.9. The van der Waals surface area contributed by atoms with Gasteiger partial charge in [-0.25, -0.2) is 0 Å². The van der Waals surface area contributed by atoms with E-state index in [1.54, 1.807) is 0 Å². The zero-order chi connectivity index (χ0) is 27.6. The van der Waals surface area contributed by atoms with Gasteiger partial charge < -0.3 is 19.6 Å². The number of unbranched alkanes of at least 4 members (excludes halogenated alkanes) is 1. The SMILES string of the molecule is CN(C)c1cc(C(C)(C)C)c(N(C)C)cc1CCCCc1cc(N(C)C)c(C(C)(C)C)cc1N(C)C. The van der Waals surface area contributed by atoms with Crippen molar-refractivity contribution in [2.24, 2.45) is 0 Å². The molecule has 0 aromatic heterocycles. The molecule has 0 saturated heterocycles. The Hall–Kier alpha value is -2.36. The lowest BCUT2D eigenvalue weighted by Crippen LogP contribution is -2.22. The van der Waals surface area contributed by atoms with E-state index in [1.165, 1.54) is 57.8 Å². The van der Waals surface area contributed by atoms with Crippen LogP contribution in [0.15, 0.2) is 24.3 Å². The first kappa shape index (κ1) is 29.9. The van der Waals surface area contributed by atoms with E-state index in [9.17, 15) is 0 Å². The predicted molar refractivity (Wildman–Crippen MR) is 164 cm³/mol. The van der Waals surface area contributed by atoms with Gasteiger partial charge in [0.2, 0.25) is 0 Å². The third kappa shape index (κ3) is 7.11. The van der Waals surface area contributed by atoms with Crippen LogP contribution in [0.5, 0.6) is 0 Å². The van der Waals surface area contributed by atoms with Gasteiger partial charge >= 0.3 is 0 Å². The highest BCUT2D eigenvalue weighted by Gasteiger charge is 2.23. The van der Waals surface area contributed by atoms with Gasteiger partial charge in [-0.15, -0.1) is 0 Å². The fraction of sp³-hybridized carbons (Fsp3) is 0.625. The summed E-state index contributed by atoms with van der Waals surface area (Å²) < 4.78 is 0. The minimum atomic E-state index is 0.106. The molecule has 4 heteroatoms. The van der Waals surface area contributed by atoms with Crippen LogP contribution in [-0.4, -0.2) is 56.4 Å². The molecule has 0 unspecified atom stereocenters. The quantitative estimate of drug-likeness (QED) is 0.344. The van der Waals surface area contributed by atoms with Crippen LogP contribution in [0, 0.1) is 0 Å². The highest BCUT2D eigenvalue weighted by molar-refractivity contribution is 5.68. The van der Waals surface area contributed by atoms with Crippen LogP contribution in [0.4, 0.5) is 22.7 Å². The summed E-state index contributed by atoms with van der Waals surface area (Å²) in [6.07, 6.45) is 4.54. The summed E-state index contributed by atoms with van der Waals surface area (Å²) >= 11 is 0. The van der Waals surface area contributed by atoms with Crippen molar-refractivity contribution < 1.29 is 0 Å². The molecule has 0 heterocycles. The van der Waals surface area contributed by atoms with E-state index in [-0.39, 0.29) is 10.8 Å². The summed E-state index contributed by atoms with van der Waals surface area (Å²) in [7, 11) is 17.3. The number of benzene rings is 2. The standard InChI is InChI=1S/C32H54N4/c1-31(2,3)25-21-27(33(7)8)23(19-29(25)35(11)12)17-15-16-18-24-20-30(36(13)14)26(32(4,5)6)22-28(24)34(9)10/h19-22H,15-18H2,1-14H3. The summed E-state index contributed by atoms with van der Waals surface area (Å²) in [6, 6.07) is 9.71. The number of anilines is 4. The number of rotatable bonds is 9. The molecular formula is C32H54N4. The van der Waals surface area contributed by atoms with E-state index in [2.05, 4.69) is 142 Å². The van der Waals surface area contributed by atoms with Gasteiger partial charge in [0.05, 0.1) is 0 Å². The number of aryl methyl sites for hydroxylation is 2. The minimum Gasteiger partial charge on any atom is -0.377 e. The Bertz CT molecular complexity index is 934. The molecule has 2 rings (SSSR count). The molecule has 4 nitrogen and oxygen atoms in total. The van der Waals surface area contributed by atoms with E-state index in [4.69, 9.17) is 0 Å². The first-order valence-corrected chi connectivity index (χ1v) is 13.5. The van der Waals surface area contributed by atoms with Crippen molar-refractivity contribution in [3.05, 3.63) is 46.5 Å². The fourth-order valence-electron chi connectivity index (χ4n) is 5.05. The van der Waals surface area contributed by atoms with Crippen molar-refractivity contribution in [2.45, 2.75) is 78.1 Å². The topological polar surface area (TPSA) is 13.0 Å². The van der Waals surface area contributed by atoms with E-state index < -0.39 is 0 Å². The second kappa shape index (κ2) is 11.4. The molecule has 0 amide bonds. The smallest absolute Gasteiger partial charge is 0.0403 e. The van der Waals surface area contributed by atoms with Crippen LogP contribution < -0.4 is 19.6 Å². The van der Waals surface area contributed by atoms with Crippen molar-refractivity contribution >= 4 is 22.7 Å². The average molecular weight is 495 g/mol. The summed E-state index contributed by atoms with van der Waals surface area (Å²) in [6.45, 7) is 13.9. The molecular weight excluding hydrogens is 440 g/mol. The summed E-state index contributed by atoms with van der Waals surface area (Å²) in [5, 5.41) is 0. The Kier molecular flexibility index (Phi) is 9.42. The summed E-state index contributed by atoms with van der Waals surface area (Å²) in [4.78, 5) is 9.10. The maximum absolute atomic E-state index is 2.43. The monoisotopic (exact) mass is 494 g/mol. The van der Waals surface area contributed by atoms with Crippen LogP contribution in [0.2, 0.25) is 0 Å². The lowest BCUT2D eigenvalue weighted by molar-refractivity contribution is 0.588. The van der Waals surface area contributed by atoms with Gasteiger partial charge in [-0.1, -0.05) is 41.5 Å². The third-order valence-corrected chi connectivity index (χ3v) is 7.08.